The van der Waals surface area contributed by atoms with Crippen LogP contribution in [0.3, 0.4) is 0 Å². The van der Waals surface area contributed by atoms with Crippen LogP contribution >= 0.6 is 11.8 Å². The molecule has 3 nitrogen and oxygen atoms in total. The Bertz CT molecular complexity index is 615. The molecule has 21 heavy (non-hydrogen) atoms. The van der Waals surface area contributed by atoms with Gasteiger partial charge in [-0.15, -0.1) is 11.8 Å². The second kappa shape index (κ2) is 7.82. The molecule has 108 valence electrons. The molecule has 0 bridgehead atoms. The summed E-state index contributed by atoms with van der Waals surface area (Å²) in [5.74, 6) is 0.848. The molecule has 4 heteroatoms. The molecule has 0 aliphatic rings. The third-order valence-electron chi connectivity index (χ3n) is 2.98. The maximum Gasteiger partial charge on any atom is 0.140 e. The summed E-state index contributed by atoms with van der Waals surface area (Å²) in [6.07, 6.45) is 1.69. The van der Waals surface area contributed by atoms with Gasteiger partial charge in [0.25, 0.3) is 0 Å². The van der Waals surface area contributed by atoms with Crippen LogP contribution in [-0.4, -0.2) is 11.0 Å². The van der Waals surface area contributed by atoms with Gasteiger partial charge in [0.2, 0.25) is 0 Å². The Kier molecular flexibility index (Phi) is 5.79. The van der Waals surface area contributed by atoms with Crippen molar-refractivity contribution >= 4 is 11.8 Å². The minimum absolute atomic E-state index is 0.475. The molecule has 0 atom stereocenters. The van der Waals surface area contributed by atoms with Crippen LogP contribution in [0.5, 0.6) is 0 Å². The summed E-state index contributed by atoms with van der Waals surface area (Å²) in [6.45, 7) is 5.20. The molecule has 0 spiro atoms. The van der Waals surface area contributed by atoms with Gasteiger partial charge in [0, 0.05) is 29.4 Å². The van der Waals surface area contributed by atoms with Gasteiger partial charge < -0.3 is 5.32 Å². The van der Waals surface area contributed by atoms with E-state index in [9.17, 15) is 0 Å². The zero-order valence-corrected chi connectivity index (χ0v) is 13.2. The van der Waals surface area contributed by atoms with E-state index in [-0.39, 0.29) is 0 Å². The van der Waals surface area contributed by atoms with E-state index < -0.39 is 0 Å². The van der Waals surface area contributed by atoms with Crippen molar-refractivity contribution in [3.63, 3.8) is 0 Å². The predicted octanol–water partition coefficient (Wildman–Crippen LogP) is 3.74. The number of pyridine rings is 1. The molecule has 0 unspecified atom stereocenters. The first-order valence-corrected chi connectivity index (χ1v) is 7.96. The van der Waals surface area contributed by atoms with Gasteiger partial charge in [-0.3, -0.25) is 0 Å². The van der Waals surface area contributed by atoms with E-state index in [4.69, 9.17) is 5.26 Å². The van der Waals surface area contributed by atoms with Gasteiger partial charge in [-0.05, 0) is 35.4 Å². The number of hydrogen-bond acceptors (Lipinski definition) is 4. The smallest absolute Gasteiger partial charge is 0.140 e. The van der Waals surface area contributed by atoms with Crippen molar-refractivity contribution in [3.05, 3.63) is 59.4 Å². The van der Waals surface area contributed by atoms with E-state index in [1.807, 2.05) is 12.1 Å². The number of nitriles is 1. The van der Waals surface area contributed by atoms with Gasteiger partial charge in [-0.1, -0.05) is 26.0 Å². The standard InChI is InChI=1S/C17H19N3S/c1-13(2)20-11-14-3-5-17(6-4-14)21-12-15-7-8-19-16(9-15)10-18/h3-9,13,20H,11-12H2,1-2H3. The molecule has 2 aromatic rings. The molecule has 0 radical (unpaired) electrons. The number of aromatic nitrogens is 1. The van der Waals surface area contributed by atoms with Crippen LogP contribution in [0.2, 0.25) is 0 Å². The second-order valence-corrected chi connectivity index (χ2v) is 6.18. The molecule has 0 aliphatic heterocycles. The number of hydrogen-bond donors (Lipinski definition) is 1. The normalized spacial score (nSPS) is 10.6. The van der Waals surface area contributed by atoms with E-state index >= 15 is 0 Å². The van der Waals surface area contributed by atoms with Crippen LogP contribution in [0.25, 0.3) is 0 Å². The van der Waals surface area contributed by atoms with Crippen molar-refractivity contribution < 1.29 is 0 Å². The van der Waals surface area contributed by atoms with E-state index in [1.54, 1.807) is 18.0 Å². The monoisotopic (exact) mass is 297 g/mol. The molecule has 0 saturated heterocycles. The molecule has 0 saturated carbocycles. The number of thioether (sulfide) groups is 1. The fourth-order valence-corrected chi connectivity index (χ4v) is 2.66. The third-order valence-corrected chi connectivity index (χ3v) is 4.07. The first-order valence-electron chi connectivity index (χ1n) is 6.97. The molecule has 2 rings (SSSR count). The summed E-state index contributed by atoms with van der Waals surface area (Å²) in [5, 5.41) is 12.2. The van der Waals surface area contributed by atoms with E-state index in [0.717, 1.165) is 17.9 Å². The summed E-state index contributed by atoms with van der Waals surface area (Å²) in [7, 11) is 0. The predicted molar refractivity (Wildman–Crippen MR) is 86.9 cm³/mol. The van der Waals surface area contributed by atoms with Crippen LogP contribution in [0, 0.1) is 11.3 Å². The minimum Gasteiger partial charge on any atom is -0.310 e. The number of nitrogens with zero attached hydrogens (tertiary/aromatic N) is 2. The highest BCUT2D eigenvalue weighted by Gasteiger charge is 2.00. The highest BCUT2D eigenvalue weighted by molar-refractivity contribution is 7.98. The summed E-state index contributed by atoms with van der Waals surface area (Å²) >= 11 is 1.77. The molecule has 0 fully saturated rings. The first kappa shape index (κ1) is 15.6. The van der Waals surface area contributed by atoms with Crippen LogP contribution in [0.4, 0.5) is 0 Å². The van der Waals surface area contributed by atoms with Crippen molar-refractivity contribution in [1.82, 2.24) is 10.3 Å². The van der Waals surface area contributed by atoms with Crippen molar-refractivity contribution in [2.75, 3.05) is 0 Å². The third kappa shape index (κ3) is 5.22. The Labute approximate surface area is 130 Å². The highest BCUT2D eigenvalue weighted by Crippen LogP contribution is 2.23. The molecular weight excluding hydrogens is 278 g/mol. The van der Waals surface area contributed by atoms with Crippen LogP contribution < -0.4 is 5.32 Å². The number of rotatable bonds is 6. The quantitative estimate of drug-likeness (QED) is 0.825. The van der Waals surface area contributed by atoms with Crippen molar-refractivity contribution in [2.24, 2.45) is 0 Å². The zero-order valence-electron chi connectivity index (χ0n) is 12.3. The zero-order chi connectivity index (χ0) is 15.1. The Balaban J connectivity index is 1.90. The average Bonchev–Trinajstić information content (AvgIpc) is 2.52. The lowest BCUT2D eigenvalue weighted by Gasteiger charge is -2.08. The Morgan fingerprint density at radius 3 is 2.62 bits per heavy atom. The van der Waals surface area contributed by atoms with Gasteiger partial charge in [-0.25, -0.2) is 4.98 Å². The van der Waals surface area contributed by atoms with Crippen molar-refractivity contribution in [2.45, 2.75) is 37.1 Å². The first-order chi connectivity index (χ1) is 10.2. The maximum absolute atomic E-state index is 8.84. The van der Waals surface area contributed by atoms with Gasteiger partial charge in [0.05, 0.1) is 0 Å². The molecule has 1 N–H and O–H groups in total. The lowest BCUT2D eigenvalue weighted by Crippen LogP contribution is -2.21. The number of nitrogens with one attached hydrogen (secondary N) is 1. The Morgan fingerprint density at radius 1 is 1.19 bits per heavy atom. The fraction of sp³-hybridized carbons (Fsp3) is 0.294. The van der Waals surface area contributed by atoms with E-state index in [0.29, 0.717) is 11.7 Å². The number of benzene rings is 1. The van der Waals surface area contributed by atoms with Gasteiger partial charge >= 0.3 is 0 Å². The fourth-order valence-electron chi connectivity index (χ4n) is 1.82. The molecule has 1 aromatic carbocycles. The molecule has 0 aliphatic carbocycles. The van der Waals surface area contributed by atoms with Gasteiger partial charge in [-0.2, -0.15) is 5.26 Å². The Hall–Kier alpha value is -1.83. The molecule has 1 aromatic heterocycles. The van der Waals surface area contributed by atoms with Gasteiger partial charge in [0.15, 0.2) is 0 Å². The summed E-state index contributed by atoms with van der Waals surface area (Å²) < 4.78 is 0. The maximum atomic E-state index is 8.84. The topological polar surface area (TPSA) is 48.7 Å². The van der Waals surface area contributed by atoms with E-state index in [2.05, 4.69) is 54.5 Å². The Morgan fingerprint density at radius 2 is 1.95 bits per heavy atom. The SMILES string of the molecule is CC(C)NCc1ccc(SCc2ccnc(C#N)c2)cc1. The lowest BCUT2D eigenvalue weighted by molar-refractivity contribution is 0.588. The van der Waals surface area contributed by atoms with Gasteiger partial charge in [0.1, 0.15) is 11.8 Å². The van der Waals surface area contributed by atoms with Crippen molar-refractivity contribution in [1.29, 1.82) is 5.26 Å². The largest absolute Gasteiger partial charge is 0.310 e. The van der Waals surface area contributed by atoms with Crippen LogP contribution in [0.15, 0.2) is 47.5 Å². The average molecular weight is 297 g/mol. The van der Waals surface area contributed by atoms with Crippen molar-refractivity contribution in [3.8, 4) is 6.07 Å². The summed E-state index contributed by atoms with van der Waals surface area (Å²) in [5.41, 5.74) is 2.89. The summed E-state index contributed by atoms with van der Waals surface area (Å²) in [4.78, 5) is 5.22. The van der Waals surface area contributed by atoms with Crippen LogP contribution in [0.1, 0.15) is 30.7 Å². The van der Waals surface area contributed by atoms with Crippen LogP contribution in [-0.2, 0) is 12.3 Å². The molecular formula is C17H19N3S. The molecule has 0 amide bonds. The second-order valence-electron chi connectivity index (χ2n) is 5.13. The highest BCUT2D eigenvalue weighted by atomic mass is 32.2. The summed E-state index contributed by atoms with van der Waals surface area (Å²) in [6, 6.07) is 15.0. The molecule has 1 heterocycles. The lowest BCUT2D eigenvalue weighted by atomic mass is 10.2. The van der Waals surface area contributed by atoms with E-state index in [1.165, 1.54) is 10.5 Å². The minimum atomic E-state index is 0.475.